The molecule has 0 heterocycles. The molecule has 0 saturated heterocycles. The van der Waals surface area contributed by atoms with Crippen molar-refractivity contribution in [3.05, 3.63) is 99.9 Å². The van der Waals surface area contributed by atoms with Gasteiger partial charge in [-0.1, -0.05) is 35.8 Å². The van der Waals surface area contributed by atoms with Crippen LogP contribution in [0.1, 0.15) is 33.4 Å². The Hall–Kier alpha value is -3.49. The van der Waals surface area contributed by atoms with E-state index in [1.807, 2.05) is 55.5 Å². The number of methoxy groups -OCH3 is 1. The topological polar surface area (TPSA) is 9.23 Å². The molecule has 0 saturated carbocycles. The van der Waals surface area contributed by atoms with E-state index in [0.29, 0.717) is 11.1 Å². The molecule has 0 aliphatic carbocycles. The highest BCUT2D eigenvalue weighted by Crippen LogP contribution is 2.18. The number of aryl methyl sites for hydroxylation is 2. The van der Waals surface area contributed by atoms with Gasteiger partial charge in [-0.25, -0.2) is 4.39 Å². The Morgan fingerprint density at radius 3 is 1.93 bits per heavy atom. The summed E-state index contributed by atoms with van der Waals surface area (Å²) < 4.78 is 18.9. The van der Waals surface area contributed by atoms with Crippen LogP contribution in [0, 0.1) is 43.3 Å². The highest BCUT2D eigenvalue weighted by molar-refractivity contribution is 5.52. The first-order valence-corrected chi connectivity index (χ1v) is 8.60. The van der Waals surface area contributed by atoms with E-state index in [4.69, 9.17) is 4.74 Å². The molecule has 0 aliphatic heterocycles. The van der Waals surface area contributed by atoms with Gasteiger partial charge in [0.05, 0.1) is 12.7 Å². The molecule has 27 heavy (non-hydrogen) atoms. The van der Waals surface area contributed by atoms with Gasteiger partial charge >= 0.3 is 0 Å². The highest BCUT2D eigenvalue weighted by Gasteiger charge is 2.00. The number of ether oxygens (including phenoxy) is 1. The van der Waals surface area contributed by atoms with E-state index in [0.717, 1.165) is 28.0 Å². The molecule has 3 aromatic carbocycles. The van der Waals surface area contributed by atoms with Crippen LogP contribution in [0.25, 0.3) is 0 Å². The Morgan fingerprint density at radius 2 is 1.30 bits per heavy atom. The summed E-state index contributed by atoms with van der Waals surface area (Å²) >= 11 is 0. The minimum absolute atomic E-state index is 0.237. The van der Waals surface area contributed by atoms with E-state index in [9.17, 15) is 4.39 Å². The van der Waals surface area contributed by atoms with Gasteiger partial charge in [-0.2, -0.15) is 0 Å². The predicted molar refractivity (Wildman–Crippen MR) is 107 cm³/mol. The molecule has 0 atom stereocenters. The fourth-order valence-corrected chi connectivity index (χ4v) is 2.49. The molecule has 2 heteroatoms. The van der Waals surface area contributed by atoms with Crippen LogP contribution < -0.4 is 4.74 Å². The van der Waals surface area contributed by atoms with Crippen LogP contribution in [0.5, 0.6) is 5.75 Å². The van der Waals surface area contributed by atoms with Crippen molar-refractivity contribution >= 4 is 0 Å². The first-order chi connectivity index (χ1) is 13.0. The Kier molecular flexibility index (Phi) is 5.60. The van der Waals surface area contributed by atoms with Gasteiger partial charge < -0.3 is 4.74 Å². The molecule has 0 unspecified atom stereocenters. The maximum Gasteiger partial charge on any atom is 0.134 e. The van der Waals surface area contributed by atoms with Crippen LogP contribution in [0.4, 0.5) is 4.39 Å². The van der Waals surface area contributed by atoms with Crippen LogP contribution in [-0.4, -0.2) is 7.11 Å². The number of benzene rings is 3. The van der Waals surface area contributed by atoms with Crippen molar-refractivity contribution in [2.75, 3.05) is 7.11 Å². The normalized spacial score (nSPS) is 9.63. The third kappa shape index (κ3) is 4.78. The van der Waals surface area contributed by atoms with Crippen molar-refractivity contribution in [3.63, 3.8) is 0 Å². The lowest BCUT2D eigenvalue weighted by atomic mass is 10.1. The molecular formula is C25H19FO. The molecule has 0 amide bonds. The summed E-state index contributed by atoms with van der Waals surface area (Å²) in [7, 11) is 1.65. The summed E-state index contributed by atoms with van der Waals surface area (Å²) in [6, 6.07) is 18.6. The lowest BCUT2D eigenvalue weighted by Crippen LogP contribution is -1.88. The molecule has 0 N–H and O–H groups in total. The van der Waals surface area contributed by atoms with Crippen molar-refractivity contribution < 1.29 is 9.13 Å². The molecule has 1 nitrogen and oxygen atoms in total. The van der Waals surface area contributed by atoms with Gasteiger partial charge in [-0.05, 0) is 73.5 Å². The molecule has 0 spiro atoms. The second-order valence-corrected chi connectivity index (χ2v) is 6.25. The van der Waals surface area contributed by atoms with Gasteiger partial charge in [0.1, 0.15) is 11.6 Å². The lowest BCUT2D eigenvalue weighted by Gasteiger charge is -2.03. The van der Waals surface area contributed by atoms with Crippen molar-refractivity contribution in [2.24, 2.45) is 0 Å². The highest BCUT2D eigenvalue weighted by atomic mass is 19.1. The Labute approximate surface area is 159 Å². The van der Waals surface area contributed by atoms with E-state index < -0.39 is 0 Å². The number of halogens is 1. The Bertz CT molecular complexity index is 1090. The SMILES string of the molecule is COc1cc(C)ccc1C#Cc1ccc(C#Cc2ccc(C)c(F)c2)cc1. The van der Waals surface area contributed by atoms with Crippen molar-refractivity contribution in [1.29, 1.82) is 0 Å². The molecule has 3 aromatic rings. The Balaban J connectivity index is 1.77. The van der Waals surface area contributed by atoms with E-state index >= 15 is 0 Å². The number of hydrogen-bond donors (Lipinski definition) is 0. The average Bonchev–Trinajstić information content (AvgIpc) is 2.68. The third-order valence-corrected chi connectivity index (χ3v) is 4.11. The zero-order valence-electron chi connectivity index (χ0n) is 15.6. The minimum atomic E-state index is -0.237. The smallest absolute Gasteiger partial charge is 0.134 e. The van der Waals surface area contributed by atoms with Gasteiger partial charge in [-0.15, -0.1) is 0 Å². The zero-order valence-corrected chi connectivity index (χ0v) is 15.6. The van der Waals surface area contributed by atoms with Gasteiger partial charge in [0, 0.05) is 16.7 Å². The summed E-state index contributed by atoms with van der Waals surface area (Å²) in [5, 5.41) is 0. The first-order valence-electron chi connectivity index (χ1n) is 8.60. The van der Waals surface area contributed by atoms with Gasteiger partial charge in [-0.3, -0.25) is 0 Å². The monoisotopic (exact) mass is 354 g/mol. The number of rotatable bonds is 1. The average molecular weight is 354 g/mol. The molecule has 0 radical (unpaired) electrons. The third-order valence-electron chi connectivity index (χ3n) is 4.11. The predicted octanol–water partition coefficient (Wildman–Crippen LogP) is 5.25. The summed E-state index contributed by atoms with van der Waals surface area (Å²) in [5.74, 6) is 12.9. The maximum atomic E-state index is 13.6. The van der Waals surface area contributed by atoms with Crippen molar-refractivity contribution in [3.8, 4) is 29.4 Å². The van der Waals surface area contributed by atoms with Crippen molar-refractivity contribution in [2.45, 2.75) is 13.8 Å². The van der Waals surface area contributed by atoms with Crippen molar-refractivity contribution in [1.82, 2.24) is 0 Å². The summed E-state index contributed by atoms with van der Waals surface area (Å²) in [6.07, 6.45) is 0. The van der Waals surface area contributed by atoms with Gasteiger partial charge in [0.15, 0.2) is 0 Å². The summed E-state index contributed by atoms with van der Waals surface area (Å²) in [5.41, 5.74) is 5.02. The van der Waals surface area contributed by atoms with E-state index in [1.165, 1.54) is 6.07 Å². The van der Waals surface area contributed by atoms with Gasteiger partial charge in [0.25, 0.3) is 0 Å². The molecule has 3 rings (SSSR count). The Morgan fingerprint density at radius 1 is 0.704 bits per heavy atom. The zero-order chi connectivity index (χ0) is 19.2. The van der Waals surface area contributed by atoms with Crippen LogP contribution in [0.3, 0.4) is 0 Å². The quantitative estimate of drug-likeness (QED) is 0.542. The second-order valence-electron chi connectivity index (χ2n) is 6.25. The fraction of sp³-hybridized carbons (Fsp3) is 0.120. The van der Waals surface area contributed by atoms with Crippen LogP contribution in [-0.2, 0) is 0 Å². The van der Waals surface area contributed by atoms with Crippen LogP contribution in [0.15, 0.2) is 60.7 Å². The molecule has 0 fully saturated rings. The van der Waals surface area contributed by atoms with Crippen LogP contribution in [0.2, 0.25) is 0 Å². The van der Waals surface area contributed by atoms with Crippen LogP contribution >= 0.6 is 0 Å². The molecule has 132 valence electrons. The number of hydrogen-bond acceptors (Lipinski definition) is 1. The standard InChI is InChI=1S/C25H19FO/c1-18-4-14-23(25(16-18)27-3)15-13-21-9-7-20(8-10-21)11-12-22-6-5-19(2)24(26)17-22/h4-10,14,16-17H,1-3H3. The second kappa shape index (κ2) is 8.26. The first kappa shape index (κ1) is 18.3. The van der Waals surface area contributed by atoms with E-state index in [-0.39, 0.29) is 5.82 Å². The fourth-order valence-electron chi connectivity index (χ4n) is 2.49. The maximum absolute atomic E-state index is 13.6. The largest absolute Gasteiger partial charge is 0.495 e. The molecule has 0 aromatic heterocycles. The molecular weight excluding hydrogens is 335 g/mol. The lowest BCUT2D eigenvalue weighted by molar-refractivity contribution is 0.413. The minimum Gasteiger partial charge on any atom is -0.495 e. The summed E-state index contributed by atoms with van der Waals surface area (Å²) in [4.78, 5) is 0. The van der Waals surface area contributed by atoms with E-state index in [1.54, 1.807) is 20.1 Å². The molecule has 0 bridgehead atoms. The summed E-state index contributed by atoms with van der Waals surface area (Å²) in [6.45, 7) is 3.75. The molecule has 0 aliphatic rings. The van der Waals surface area contributed by atoms with E-state index in [2.05, 4.69) is 23.7 Å². The van der Waals surface area contributed by atoms with Gasteiger partial charge in [0.2, 0.25) is 0 Å².